The fraction of sp³-hybridized carbons (Fsp3) is 0.588. The summed E-state index contributed by atoms with van der Waals surface area (Å²) in [6, 6.07) is 7.76. The van der Waals surface area contributed by atoms with Crippen molar-refractivity contribution in [3.8, 4) is 0 Å². The van der Waals surface area contributed by atoms with Crippen molar-refractivity contribution in [1.29, 1.82) is 0 Å². The lowest BCUT2D eigenvalue weighted by molar-refractivity contribution is 0.0286. The zero-order valence-corrected chi connectivity index (χ0v) is 14.3. The van der Waals surface area contributed by atoms with Gasteiger partial charge in [-0.05, 0) is 51.2 Å². The van der Waals surface area contributed by atoms with Crippen LogP contribution in [0.3, 0.4) is 0 Å². The fourth-order valence-electron chi connectivity index (χ4n) is 2.71. The number of likely N-dealkylation sites (tertiary alicyclic amines) is 1. The van der Waals surface area contributed by atoms with Crippen molar-refractivity contribution >= 4 is 17.7 Å². The summed E-state index contributed by atoms with van der Waals surface area (Å²) in [5.41, 5.74) is 6.93. The molecule has 5 heteroatoms. The van der Waals surface area contributed by atoms with E-state index < -0.39 is 5.60 Å². The van der Waals surface area contributed by atoms with Crippen LogP contribution in [0.5, 0.6) is 0 Å². The molecule has 0 bridgehead atoms. The highest BCUT2D eigenvalue weighted by molar-refractivity contribution is 6.31. The van der Waals surface area contributed by atoms with Crippen LogP contribution in [0.4, 0.5) is 4.79 Å². The maximum absolute atomic E-state index is 12.1. The van der Waals surface area contributed by atoms with E-state index in [1.807, 2.05) is 45.0 Å². The van der Waals surface area contributed by atoms with Gasteiger partial charge >= 0.3 is 6.09 Å². The Morgan fingerprint density at radius 1 is 1.45 bits per heavy atom. The first-order valence-corrected chi connectivity index (χ1v) is 8.11. The van der Waals surface area contributed by atoms with Crippen LogP contribution < -0.4 is 5.73 Å². The molecule has 1 aliphatic rings. The zero-order valence-electron chi connectivity index (χ0n) is 13.5. The lowest BCUT2D eigenvalue weighted by Crippen LogP contribution is -2.38. The molecule has 1 aromatic rings. The van der Waals surface area contributed by atoms with E-state index >= 15 is 0 Å². The van der Waals surface area contributed by atoms with Gasteiger partial charge in [-0.1, -0.05) is 29.8 Å². The summed E-state index contributed by atoms with van der Waals surface area (Å²) in [5.74, 6) is 0.281. The summed E-state index contributed by atoms with van der Waals surface area (Å²) < 4.78 is 5.41. The first kappa shape index (κ1) is 17.1. The van der Waals surface area contributed by atoms with Gasteiger partial charge in [0.25, 0.3) is 0 Å². The molecule has 1 aliphatic heterocycles. The van der Waals surface area contributed by atoms with Crippen molar-refractivity contribution in [2.24, 2.45) is 11.7 Å². The van der Waals surface area contributed by atoms with Crippen molar-refractivity contribution < 1.29 is 9.53 Å². The summed E-state index contributed by atoms with van der Waals surface area (Å²) in [6.45, 7) is 6.99. The maximum Gasteiger partial charge on any atom is 0.410 e. The molecular weight excluding hydrogens is 300 g/mol. The van der Waals surface area contributed by atoms with Gasteiger partial charge in [-0.15, -0.1) is 0 Å². The van der Waals surface area contributed by atoms with Crippen molar-refractivity contribution in [2.45, 2.75) is 45.3 Å². The number of rotatable bonds is 3. The Morgan fingerprint density at radius 2 is 2.14 bits per heavy atom. The van der Waals surface area contributed by atoms with Gasteiger partial charge in [-0.2, -0.15) is 0 Å². The highest BCUT2D eigenvalue weighted by Crippen LogP contribution is 2.25. The van der Waals surface area contributed by atoms with Gasteiger partial charge in [0.2, 0.25) is 0 Å². The van der Waals surface area contributed by atoms with Gasteiger partial charge in [-0.25, -0.2) is 4.79 Å². The summed E-state index contributed by atoms with van der Waals surface area (Å²) in [6.07, 6.45) is 1.39. The van der Waals surface area contributed by atoms with Gasteiger partial charge in [0.05, 0.1) is 0 Å². The lowest BCUT2D eigenvalue weighted by atomic mass is 9.93. The lowest BCUT2D eigenvalue weighted by Gasteiger charge is -2.25. The van der Waals surface area contributed by atoms with Crippen LogP contribution in [0.25, 0.3) is 0 Å². The molecular formula is C17H25ClN2O2. The number of carbonyl (C=O) groups excluding carboxylic acids is 1. The highest BCUT2D eigenvalue weighted by atomic mass is 35.5. The van der Waals surface area contributed by atoms with E-state index in [1.165, 1.54) is 0 Å². The Hall–Kier alpha value is -1.26. The Balaban J connectivity index is 1.90. The average Bonchev–Trinajstić information content (AvgIpc) is 2.89. The van der Waals surface area contributed by atoms with Crippen molar-refractivity contribution in [3.05, 3.63) is 34.9 Å². The molecule has 0 spiro atoms. The number of ether oxygens (including phenoxy) is 1. The second-order valence-corrected chi connectivity index (χ2v) is 7.34. The van der Waals surface area contributed by atoms with E-state index in [0.717, 1.165) is 23.4 Å². The standard InChI is InChI=1S/C17H25ClN2O2/c1-17(2,3)22-16(21)20-9-8-13(11-20)15(19)10-12-6-4-5-7-14(12)18/h4-7,13,15H,8-11,19H2,1-3H3. The molecule has 1 heterocycles. The molecule has 2 unspecified atom stereocenters. The van der Waals surface area contributed by atoms with Gasteiger partial charge in [-0.3, -0.25) is 0 Å². The average molecular weight is 325 g/mol. The zero-order chi connectivity index (χ0) is 16.3. The molecule has 22 heavy (non-hydrogen) atoms. The summed E-state index contributed by atoms with van der Waals surface area (Å²) in [5, 5.41) is 0.750. The Labute approximate surface area is 137 Å². The molecule has 0 saturated carbocycles. The second-order valence-electron chi connectivity index (χ2n) is 6.93. The van der Waals surface area contributed by atoms with Crippen LogP contribution in [0.1, 0.15) is 32.8 Å². The molecule has 1 amide bonds. The molecule has 1 saturated heterocycles. The van der Waals surface area contributed by atoms with E-state index in [0.29, 0.717) is 13.1 Å². The second kappa shape index (κ2) is 6.88. The van der Waals surface area contributed by atoms with Crippen molar-refractivity contribution in [2.75, 3.05) is 13.1 Å². The molecule has 2 atom stereocenters. The predicted molar refractivity (Wildman–Crippen MR) is 89.0 cm³/mol. The van der Waals surface area contributed by atoms with Crippen LogP contribution in [-0.4, -0.2) is 35.7 Å². The van der Waals surface area contributed by atoms with E-state index in [-0.39, 0.29) is 18.1 Å². The first-order chi connectivity index (χ1) is 10.3. The fourth-order valence-corrected chi connectivity index (χ4v) is 2.93. The maximum atomic E-state index is 12.1. The van der Waals surface area contributed by atoms with E-state index in [9.17, 15) is 4.79 Å². The third-order valence-corrected chi connectivity index (χ3v) is 4.26. The molecule has 1 fully saturated rings. The van der Waals surface area contributed by atoms with Crippen LogP contribution >= 0.6 is 11.6 Å². The number of carbonyl (C=O) groups is 1. The van der Waals surface area contributed by atoms with Crippen molar-refractivity contribution in [3.63, 3.8) is 0 Å². The minimum atomic E-state index is -0.463. The van der Waals surface area contributed by atoms with Crippen molar-refractivity contribution in [1.82, 2.24) is 4.90 Å². The summed E-state index contributed by atoms with van der Waals surface area (Å²) >= 11 is 6.19. The van der Waals surface area contributed by atoms with Crippen LogP contribution in [0.15, 0.2) is 24.3 Å². The number of nitrogens with two attached hydrogens (primary N) is 1. The monoisotopic (exact) mass is 324 g/mol. The summed E-state index contributed by atoms with van der Waals surface area (Å²) in [4.78, 5) is 13.8. The number of hydrogen-bond donors (Lipinski definition) is 1. The SMILES string of the molecule is CC(C)(C)OC(=O)N1CCC(C(N)Cc2ccccc2Cl)C1. The van der Waals surface area contributed by atoms with E-state index in [4.69, 9.17) is 22.1 Å². The molecule has 0 aliphatic carbocycles. The van der Waals surface area contributed by atoms with Gasteiger partial charge in [0, 0.05) is 24.2 Å². The van der Waals surface area contributed by atoms with E-state index in [2.05, 4.69) is 0 Å². The van der Waals surface area contributed by atoms with Gasteiger partial charge in [0.15, 0.2) is 0 Å². The normalized spacial score (nSPS) is 20.0. The number of nitrogens with zero attached hydrogens (tertiary/aromatic N) is 1. The topological polar surface area (TPSA) is 55.6 Å². The van der Waals surface area contributed by atoms with Crippen LogP contribution in [0, 0.1) is 5.92 Å². The molecule has 0 radical (unpaired) electrons. The molecule has 4 nitrogen and oxygen atoms in total. The minimum Gasteiger partial charge on any atom is -0.444 e. The van der Waals surface area contributed by atoms with Crippen LogP contribution in [-0.2, 0) is 11.2 Å². The quantitative estimate of drug-likeness (QED) is 0.926. The molecule has 2 rings (SSSR count). The Bertz CT molecular complexity index is 528. The van der Waals surface area contributed by atoms with Gasteiger partial charge < -0.3 is 15.4 Å². The molecule has 122 valence electrons. The van der Waals surface area contributed by atoms with Crippen LogP contribution in [0.2, 0.25) is 5.02 Å². The number of hydrogen-bond acceptors (Lipinski definition) is 3. The number of halogens is 1. The highest BCUT2D eigenvalue weighted by Gasteiger charge is 2.32. The number of amides is 1. The first-order valence-electron chi connectivity index (χ1n) is 7.73. The molecule has 2 N–H and O–H groups in total. The number of benzene rings is 1. The Morgan fingerprint density at radius 3 is 2.77 bits per heavy atom. The largest absolute Gasteiger partial charge is 0.444 e. The van der Waals surface area contributed by atoms with Gasteiger partial charge in [0.1, 0.15) is 5.60 Å². The van der Waals surface area contributed by atoms with E-state index in [1.54, 1.807) is 4.90 Å². The predicted octanol–water partition coefficient (Wildman–Crippen LogP) is 3.47. The summed E-state index contributed by atoms with van der Waals surface area (Å²) in [7, 11) is 0. The third-order valence-electron chi connectivity index (χ3n) is 3.90. The molecule has 1 aromatic carbocycles. The third kappa shape index (κ3) is 4.62. The Kier molecular flexibility index (Phi) is 5.35. The smallest absolute Gasteiger partial charge is 0.410 e. The minimum absolute atomic E-state index is 0.00710. The molecule has 0 aromatic heterocycles.